The Labute approximate surface area is 123 Å². The normalized spacial score (nSPS) is 14.9. The third-order valence-corrected chi connectivity index (χ3v) is 2.66. The van der Waals surface area contributed by atoms with E-state index in [-0.39, 0.29) is 0 Å². The molecule has 0 unspecified atom stereocenters. The van der Waals surface area contributed by atoms with Crippen molar-refractivity contribution in [2.24, 2.45) is 0 Å². The van der Waals surface area contributed by atoms with E-state index < -0.39 is 59.2 Å². The van der Waals surface area contributed by atoms with Crippen LogP contribution in [0.2, 0.25) is 0 Å². The molecule has 1 aromatic rings. The van der Waals surface area contributed by atoms with E-state index in [4.69, 9.17) is 0 Å². The minimum absolute atomic E-state index is 0.588. The Balaban J connectivity index is 3.86. The summed E-state index contributed by atoms with van der Waals surface area (Å²) in [6.45, 7) is 0. The molecule has 0 fully saturated rings. The van der Waals surface area contributed by atoms with Crippen LogP contribution in [0, 0.1) is 6.07 Å². The monoisotopic (exact) mass is 381 g/mol. The van der Waals surface area contributed by atoms with Crippen LogP contribution in [0.25, 0.3) is 0 Å². The fourth-order valence-corrected chi connectivity index (χ4v) is 1.56. The Hall–Kier alpha value is -1.69. The molecule has 0 N–H and O–H groups in total. The predicted octanol–water partition coefficient (Wildman–Crippen LogP) is 5.81. The standard InChI is InChI=1S/C11H2F13/c12-7(10(19,20)21,11(22,23)24)4-1-5(8(13,14)15)3-6(2-4)9(16,17)18/h1-2H. The lowest BCUT2D eigenvalue weighted by Gasteiger charge is -2.31. The summed E-state index contributed by atoms with van der Waals surface area (Å²) in [7, 11) is 0. The maximum absolute atomic E-state index is 13.7. The van der Waals surface area contributed by atoms with Crippen molar-refractivity contribution in [3.63, 3.8) is 0 Å². The number of benzene rings is 1. The topological polar surface area (TPSA) is 0 Å². The molecule has 0 aliphatic heterocycles. The van der Waals surface area contributed by atoms with Gasteiger partial charge in [-0.2, -0.15) is 52.7 Å². The second-order valence-electron chi connectivity index (χ2n) is 4.35. The molecule has 1 rings (SSSR count). The van der Waals surface area contributed by atoms with Crippen LogP contribution in [0.3, 0.4) is 0 Å². The van der Waals surface area contributed by atoms with Gasteiger partial charge in [-0.25, -0.2) is 4.39 Å². The lowest BCUT2D eigenvalue weighted by Crippen LogP contribution is -2.50. The van der Waals surface area contributed by atoms with E-state index in [1.807, 2.05) is 0 Å². The maximum Gasteiger partial charge on any atom is 0.435 e. The SMILES string of the molecule is FC(F)(F)c1[c]c(C(F)(F)F)cc(C(F)(C(F)(F)F)C(F)(F)F)c1. The molecule has 13 heteroatoms. The molecule has 0 amide bonds. The number of halogens is 13. The third kappa shape index (κ3) is 3.53. The van der Waals surface area contributed by atoms with Crippen molar-refractivity contribution in [1.29, 1.82) is 0 Å². The Bertz CT molecular complexity index is 552. The highest BCUT2D eigenvalue weighted by atomic mass is 19.4. The summed E-state index contributed by atoms with van der Waals surface area (Å²) in [5.74, 6) is 0. The molecule has 0 aliphatic rings. The summed E-state index contributed by atoms with van der Waals surface area (Å²) in [4.78, 5) is 0. The number of hydrogen-bond acceptors (Lipinski definition) is 0. The van der Waals surface area contributed by atoms with Crippen molar-refractivity contribution >= 4 is 0 Å². The van der Waals surface area contributed by atoms with Gasteiger partial charge in [-0.15, -0.1) is 0 Å². The van der Waals surface area contributed by atoms with E-state index in [0.717, 1.165) is 0 Å². The van der Waals surface area contributed by atoms with Crippen LogP contribution in [0.1, 0.15) is 16.7 Å². The van der Waals surface area contributed by atoms with Gasteiger partial charge in [-0.3, -0.25) is 0 Å². The quantitative estimate of drug-likeness (QED) is 0.539. The summed E-state index contributed by atoms with van der Waals surface area (Å²) in [5.41, 5.74) is -14.6. The molecule has 0 aromatic heterocycles. The van der Waals surface area contributed by atoms with Crippen LogP contribution < -0.4 is 0 Å². The zero-order chi connectivity index (χ0) is 19.4. The van der Waals surface area contributed by atoms with E-state index in [2.05, 4.69) is 0 Å². The van der Waals surface area contributed by atoms with Gasteiger partial charge in [0, 0.05) is 11.6 Å². The van der Waals surface area contributed by atoms with E-state index in [0.29, 0.717) is 6.07 Å². The Kier molecular flexibility index (Phi) is 4.59. The van der Waals surface area contributed by atoms with Crippen molar-refractivity contribution in [1.82, 2.24) is 0 Å². The van der Waals surface area contributed by atoms with Crippen LogP contribution in [-0.4, -0.2) is 12.4 Å². The average molecular weight is 381 g/mol. The van der Waals surface area contributed by atoms with E-state index in [1.54, 1.807) is 0 Å². The van der Waals surface area contributed by atoms with Gasteiger partial charge >= 0.3 is 30.4 Å². The second kappa shape index (κ2) is 5.41. The molecule has 0 aliphatic carbocycles. The molecule has 137 valence electrons. The van der Waals surface area contributed by atoms with E-state index >= 15 is 0 Å². The van der Waals surface area contributed by atoms with Crippen molar-refractivity contribution < 1.29 is 57.1 Å². The molecule has 0 nitrogen and oxygen atoms in total. The van der Waals surface area contributed by atoms with Gasteiger partial charge in [-0.05, 0) is 12.1 Å². The first-order valence-corrected chi connectivity index (χ1v) is 5.36. The first-order valence-electron chi connectivity index (χ1n) is 5.36. The minimum Gasteiger partial charge on any atom is -0.218 e. The summed E-state index contributed by atoms with van der Waals surface area (Å²) in [6.07, 6.45) is -25.3. The molecule has 0 bridgehead atoms. The zero-order valence-corrected chi connectivity index (χ0v) is 10.6. The number of hydrogen-bond donors (Lipinski definition) is 0. The molecule has 0 spiro atoms. The third-order valence-electron chi connectivity index (χ3n) is 2.66. The van der Waals surface area contributed by atoms with Gasteiger partial charge in [0.05, 0.1) is 11.1 Å². The molecule has 0 saturated carbocycles. The van der Waals surface area contributed by atoms with Crippen molar-refractivity contribution in [3.8, 4) is 0 Å². The minimum atomic E-state index is -6.86. The Morgan fingerprint density at radius 1 is 0.542 bits per heavy atom. The van der Waals surface area contributed by atoms with Gasteiger partial charge in [0.1, 0.15) is 0 Å². The van der Waals surface area contributed by atoms with E-state index in [1.165, 1.54) is 0 Å². The van der Waals surface area contributed by atoms with Crippen LogP contribution in [0.5, 0.6) is 0 Å². The summed E-state index contributed by atoms with van der Waals surface area (Å²) < 4.78 is 163. The molecule has 1 radical (unpaired) electrons. The van der Waals surface area contributed by atoms with Gasteiger partial charge in [0.2, 0.25) is 0 Å². The van der Waals surface area contributed by atoms with Crippen LogP contribution in [0.4, 0.5) is 57.1 Å². The predicted molar refractivity (Wildman–Crippen MR) is 50.2 cm³/mol. The van der Waals surface area contributed by atoms with Crippen molar-refractivity contribution in [2.75, 3.05) is 0 Å². The van der Waals surface area contributed by atoms with Gasteiger partial charge in [0.15, 0.2) is 0 Å². The van der Waals surface area contributed by atoms with Gasteiger partial charge in [0.25, 0.3) is 0 Å². The molecular formula is C11H2F13. The Morgan fingerprint density at radius 2 is 0.833 bits per heavy atom. The lowest BCUT2D eigenvalue weighted by molar-refractivity contribution is -0.348. The number of rotatable bonds is 1. The lowest BCUT2D eigenvalue weighted by atomic mass is 9.90. The first kappa shape index (κ1) is 20.4. The van der Waals surface area contributed by atoms with Crippen molar-refractivity contribution in [2.45, 2.75) is 30.4 Å². The van der Waals surface area contributed by atoms with Crippen LogP contribution in [0.15, 0.2) is 12.1 Å². The highest BCUT2D eigenvalue weighted by Crippen LogP contribution is 2.54. The summed E-state index contributed by atoms with van der Waals surface area (Å²) in [6, 6.07) is -1.45. The highest BCUT2D eigenvalue weighted by Gasteiger charge is 2.73. The molecule has 0 saturated heterocycles. The molecule has 1 aromatic carbocycles. The zero-order valence-electron chi connectivity index (χ0n) is 10.6. The molecule has 24 heavy (non-hydrogen) atoms. The van der Waals surface area contributed by atoms with Crippen LogP contribution in [-0.2, 0) is 18.0 Å². The molecule has 0 atom stereocenters. The number of alkyl halides is 13. The summed E-state index contributed by atoms with van der Waals surface area (Å²) in [5, 5.41) is 0. The first-order chi connectivity index (χ1) is 10.3. The van der Waals surface area contributed by atoms with Crippen molar-refractivity contribution in [3.05, 3.63) is 34.9 Å². The maximum atomic E-state index is 13.7. The summed E-state index contributed by atoms with van der Waals surface area (Å²) >= 11 is 0. The molecular weight excluding hydrogens is 379 g/mol. The fraction of sp³-hybridized carbons (Fsp3) is 0.455. The highest BCUT2D eigenvalue weighted by molar-refractivity contribution is 5.37. The Morgan fingerprint density at radius 3 is 1.04 bits per heavy atom. The van der Waals surface area contributed by atoms with Gasteiger partial charge in [-0.1, -0.05) is 0 Å². The molecule has 0 heterocycles. The van der Waals surface area contributed by atoms with E-state index in [9.17, 15) is 57.1 Å². The fourth-order valence-electron chi connectivity index (χ4n) is 1.56. The largest absolute Gasteiger partial charge is 0.435 e. The average Bonchev–Trinajstić information content (AvgIpc) is 2.32. The second-order valence-corrected chi connectivity index (χ2v) is 4.35. The van der Waals surface area contributed by atoms with Gasteiger partial charge < -0.3 is 0 Å². The van der Waals surface area contributed by atoms with Crippen LogP contribution >= 0.6 is 0 Å². The smallest absolute Gasteiger partial charge is 0.218 e.